The molecule has 1 fully saturated rings. The zero-order chi connectivity index (χ0) is 22.4. The fourth-order valence-corrected chi connectivity index (χ4v) is 6.41. The van der Waals surface area contributed by atoms with Crippen molar-refractivity contribution in [2.24, 2.45) is 5.92 Å². The van der Waals surface area contributed by atoms with Crippen molar-refractivity contribution < 1.29 is 0 Å². The third kappa shape index (κ3) is 5.72. The smallest absolute Gasteiger partial charge is 0.270 e. The molecular formula is C27H34BN3P+. The highest BCUT2D eigenvalue weighted by Gasteiger charge is 2.36. The molecule has 3 heterocycles. The number of allylic oxidation sites excluding steroid dienone is 1. The third-order valence-corrected chi connectivity index (χ3v) is 7.57. The first kappa shape index (κ1) is 22.9. The van der Waals surface area contributed by atoms with Crippen molar-refractivity contribution in [1.82, 2.24) is 15.0 Å². The quantitative estimate of drug-likeness (QED) is 0.384. The van der Waals surface area contributed by atoms with Gasteiger partial charge in [0.1, 0.15) is 0 Å². The van der Waals surface area contributed by atoms with E-state index < -0.39 is 7.26 Å². The molecule has 164 valence electrons. The third-order valence-electron chi connectivity index (χ3n) is 6.29. The molecule has 0 aliphatic heterocycles. The first-order valence-electron chi connectivity index (χ1n) is 11.8. The van der Waals surface area contributed by atoms with Gasteiger partial charge in [-0.25, -0.2) is 0 Å². The van der Waals surface area contributed by atoms with E-state index in [1.807, 2.05) is 36.8 Å². The number of rotatable bonds is 7. The maximum atomic E-state index is 4.90. The summed E-state index contributed by atoms with van der Waals surface area (Å²) in [7, 11) is -1.06. The van der Waals surface area contributed by atoms with E-state index in [1.165, 1.54) is 43.7 Å². The summed E-state index contributed by atoms with van der Waals surface area (Å²) >= 11 is 0. The lowest BCUT2D eigenvalue weighted by Gasteiger charge is -2.31. The van der Waals surface area contributed by atoms with Crippen molar-refractivity contribution in [3.63, 3.8) is 0 Å². The van der Waals surface area contributed by atoms with Crippen LogP contribution in [0.15, 0.2) is 78.8 Å². The normalized spacial score (nSPS) is 15.8. The SMILES string of the molecule is C[P+](C)(C)C/C(=C(\B(c1ccccn1)c1ccccn1)c1ccccn1)C1CCCCC1. The maximum absolute atomic E-state index is 4.90. The van der Waals surface area contributed by atoms with Gasteiger partial charge in [0.05, 0.1) is 11.9 Å². The molecule has 0 atom stereocenters. The fourth-order valence-electron chi connectivity index (χ4n) is 4.96. The van der Waals surface area contributed by atoms with Crippen molar-refractivity contribution in [2.75, 3.05) is 26.2 Å². The Labute approximate surface area is 194 Å². The minimum Gasteiger partial charge on any atom is -0.270 e. The van der Waals surface area contributed by atoms with Crippen molar-refractivity contribution in [3.05, 3.63) is 84.5 Å². The van der Waals surface area contributed by atoms with Gasteiger partial charge < -0.3 is 0 Å². The molecule has 1 saturated carbocycles. The maximum Gasteiger partial charge on any atom is 0.290 e. The number of hydrogen-bond acceptors (Lipinski definition) is 3. The van der Waals surface area contributed by atoms with Crippen LogP contribution in [0.25, 0.3) is 5.47 Å². The van der Waals surface area contributed by atoms with Crippen LogP contribution in [0.1, 0.15) is 37.8 Å². The predicted molar refractivity (Wildman–Crippen MR) is 141 cm³/mol. The van der Waals surface area contributed by atoms with Crippen LogP contribution in [-0.4, -0.2) is 47.8 Å². The zero-order valence-electron chi connectivity index (χ0n) is 19.6. The molecule has 5 heteroatoms. The van der Waals surface area contributed by atoms with E-state index in [2.05, 4.69) is 56.4 Å². The molecule has 0 saturated heterocycles. The van der Waals surface area contributed by atoms with E-state index in [1.54, 1.807) is 5.57 Å². The molecule has 3 nitrogen and oxygen atoms in total. The molecule has 0 N–H and O–H groups in total. The van der Waals surface area contributed by atoms with Crippen LogP contribution in [0.4, 0.5) is 0 Å². The Hall–Kier alpha value is -2.32. The lowest BCUT2D eigenvalue weighted by molar-refractivity contribution is 0.404. The van der Waals surface area contributed by atoms with Crippen molar-refractivity contribution in [2.45, 2.75) is 32.1 Å². The van der Waals surface area contributed by atoms with E-state index in [9.17, 15) is 0 Å². The Morgan fingerprint density at radius 1 is 0.781 bits per heavy atom. The van der Waals surface area contributed by atoms with Crippen molar-refractivity contribution >= 4 is 30.6 Å². The van der Waals surface area contributed by atoms with Gasteiger partial charge in [-0.05, 0) is 66.2 Å². The lowest BCUT2D eigenvalue weighted by atomic mass is 9.37. The van der Waals surface area contributed by atoms with E-state index in [-0.39, 0.29) is 6.71 Å². The summed E-state index contributed by atoms with van der Waals surface area (Å²) in [4.78, 5) is 14.6. The average Bonchev–Trinajstić information content (AvgIpc) is 2.83. The fraction of sp³-hybridized carbons (Fsp3) is 0.370. The Balaban J connectivity index is 2.00. The second-order valence-electron chi connectivity index (χ2n) is 9.88. The topological polar surface area (TPSA) is 38.7 Å². The molecule has 1 aliphatic carbocycles. The standard InChI is InChI=1S/C27H34BN3P/c1-32(2,3)21-23(22-13-5-4-6-14-22)27(24-15-7-10-18-29-24)28(25-16-8-11-19-30-25)26-17-9-12-20-31-26/h7-12,15-20,22H,4-6,13-14,21H2,1-3H3/q+1/b27-23+. The largest absolute Gasteiger partial charge is 0.290 e. The molecule has 0 unspecified atom stereocenters. The summed E-state index contributed by atoms with van der Waals surface area (Å²) in [5, 5.41) is 0. The van der Waals surface area contributed by atoms with Crippen molar-refractivity contribution in [3.8, 4) is 0 Å². The number of nitrogens with zero attached hydrogens (tertiary/aromatic N) is 3. The summed E-state index contributed by atoms with van der Waals surface area (Å²) in [6.07, 6.45) is 13.5. The minimum atomic E-state index is -1.06. The Bertz CT molecular complexity index is 972. The van der Waals surface area contributed by atoms with Gasteiger partial charge in [-0.1, -0.05) is 37.5 Å². The molecule has 4 rings (SSSR count). The number of hydrogen-bond donors (Lipinski definition) is 0. The summed E-state index contributed by atoms with van der Waals surface area (Å²) < 4.78 is 0. The zero-order valence-corrected chi connectivity index (χ0v) is 20.5. The lowest BCUT2D eigenvalue weighted by Crippen LogP contribution is -2.47. The monoisotopic (exact) mass is 442 g/mol. The highest BCUT2D eigenvalue weighted by Crippen LogP contribution is 2.51. The molecule has 3 aromatic rings. The van der Waals surface area contributed by atoms with Crippen LogP contribution in [-0.2, 0) is 0 Å². The minimum absolute atomic E-state index is 0.0178. The molecule has 3 aromatic heterocycles. The summed E-state index contributed by atoms with van der Waals surface area (Å²) in [6, 6.07) is 18.8. The predicted octanol–water partition coefficient (Wildman–Crippen LogP) is 4.96. The van der Waals surface area contributed by atoms with Gasteiger partial charge in [0.15, 0.2) is 0 Å². The second-order valence-corrected chi connectivity index (χ2v) is 14.8. The van der Waals surface area contributed by atoms with Gasteiger partial charge >= 0.3 is 0 Å². The number of aromatic nitrogens is 3. The molecule has 0 spiro atoms. The van der Waals surface area contributed by atoms with Gasteiger partial charge in [-0.15, -0.1) is 0 Å². The van der Waals surface area contributed by atoms with Crippen LogP contribution in [0, 0.1) is 5.92 Å². The molecule has 0 radical (unpaired) electrons. The highest BCUT2D eigenvalue weighted by molar-refractivity contribution is 7.73. The Morgan fingerprint density at radius 2 is 1.34 bits per heavy atom. The van der Waals surface area contributed by atoms with Crippen molar-refractivity contribution in [1.29, 1.82) is 0 Å². The first-order valence-corrected chi connectivity index (χ1v) is 15.1. The summed E-state index contributed by atoms with van der Waals surface area (Å²) in [5.74, 6) is 0.620. The van der Waals surface area contributed by atoms with Gasteiger partial charge in [-0.3, -0.25) is 15.0 Å². The van der Waals surface area contributed by atoms with Gasteiger partial charge in [0.2, 0.25) is 0 Å². The van der Waals surface area contributed by atoms with E-state index in [4.69, 9.17) is 15.0 Å². The average molecular weight is 442 g/mol. The highest BCUT2D eigenvalue weighted by atomic mass is 31.2. The molecule has 1 aliphatic rings. The van der Waals surface area contributed by atoms with E-state index >= 15 is 0 Å². The van der Waals surface area contributed by atoms with E-state index in [0.29, 0.717) is 5.92 Å². The number of pyridine rings is 3. The second kappa shape index (κ2) is 10.5. The molecule has 32 heavy (non-hydrogen) atoms. The summed E-state index contributed by atoms with van der Waals surface area (Å²) in [5.41, 5.74) is 6.11. The van der Waals surface area contributed by atoms with Crippen LogP contribution < -0.4 is 11.2 Å². The van der Waals surface area contributed by atoms with Gasteiger partial charge in [0, 0.05) is 57.0 Å². The van der Waals surface area contributed by atoms with Crippen LogP contribution in [0.3, 0.4) is 0 Å². The van der Waals surface area contributed by atoms with E-state index in [0.717, 1.165) is 16.9 Å². The Morgan fingerprint density at radius 3 is 1.81 bits per heavy atom. The summed E-state index contributed by atoms with van der Waals surface area (Å²) in [6.45, 7) is 7.36. The van der Waals surface area contributed by atoms with Crippen LogP contribution >= 0.6 is 7.26 Å². The first-order chi connectivity index (χ1) is 15.5. The molecule has 0 bridgehead atoms. The molecular weight excluding hydrogens is 408 g/mol. The van der Waals surface area contributed by atoms with Crippen LogP contribution in [0.5, 0.6) is 0 Å². The molecule has 0 aromatic carbocycles. The van der Waals surface area contributed by atoms with Gasteiger partial charge in [-0.2, -0.15) is 0 Å². The van der Waals surface area contributed by atoms with Crippen LogP contribution in [0.2, 0.25) is 0 Å². The van der Waals surface area contributed by atoms with Gasteiger partial charge in [0.25, 0.3) is 6.71 Å². The Kier molecular flexibility index (Phi) is 7.53. The molecule has 0 amide bonds.